The molecule has 5 aromatic rings. The number of anilines is 1. The van der Waals surface area contributed by atoms with E-state index in [4.69, 9.17) is 0 Å². The van der Waals surface area contributed by atoms with Gasteiger partial charge >= 0.3 is 0 Å². The number of carbonyl (C=O) groups excluding carboxylic acids is 1. The number of benzene rings is 4. The van der Waals surface area contributed by atoms with E-state index in [1.165, 1.54) is 0 Å². The number of allylic oxidation sites excluding steroid dienone is 1. The monoisotopic (exact) mass is 541 g/mol. The first-order valence-electron chi connectivity index (χ1n) is 13.8. The van der Waals surface area contributed by atoms with Crippen molar-refractivity contribution < 1.29 is 9.72 Å². The lowest BCUT2D eigenvalue weighted by molar-refractivity contribution is -0.489. The molecule has 6 rings (SSSR count). The quantitative estimate of drug-likeness (QED) is 0.149. The first kappa shape index (κ1) is 26.3. The summed E-state index contributed by atoms with van der Waals surface area (Å²) in [7, 11) is 1.96. The summed E-state index contributed by atoms with van der Waals surface area (Å²) in [5, 5.41) is 13.2. The van der Waals surface area contributed by atoms with E-state index in [0.29, 0.717) is 13.0 Å². The second kappa shape index (κ2) is 10.9. The van der Waals surface area contributed by atoms with Gasteiger partial charge in [-0.05, 0) is 40.8 Å². The summed E-state index contributed by atoms with van der Waals surface area (Å²) >= 11 is 0. The number of aromatic nitrogens is 1. The van der Waals surface area contributed by atoms with Gasteiger partial charge in [0.15, 0.2) is 0 Å². The Morgan fingerprint density at radius 3 is 2.27 bits per heavy atom. The standard InChI is InChI=1S/C35H31N3O3/c1-36-25-31(29-19-8-10-21-32(29)36)35(28(24-38(40)41)18-12-17-26-13-4-2-5-14-26)30-20-9-11-22-33(30)37(34(35)39)23-27-15-6-3-7-16-27/h2-17,19-22,25,28H,18,23-24H2,1H3/b17-12+/t28-,35-/m0/s1. The number of rotatable bonds is 9. The summed E-state index contributed by atoms with van der Waals surface area (Å²) in [6, 6.07) is 35.6. The lowest BCUT2D eigenvalue weighted by Gasteiger charge is -2.34. The Hall–Kier alpha value is -4.97. The van der Waals surface area contributed by atoms with Gasteiger partial charge in [-0.15, -0.1) is 0 Å². The zero-order chi connectivity index (χ0) is 28.4. The first-order valence-corrected chi connectivity index (χ1v) is 13.8. The van der Waals surface area contributed by atoms with Crippen molar-refractivity contribution in [2.24, 2.45) is 13.0 Å². The van der Waals surface area contributed by atoms with Crippen molar-refractivity contribution in [3.63, 3.8) is 0 Å². The highest BCUT2D eigenvalue weighted by atomic mass is 16.6. The fourth-order valence-corrected chi connectivity index (χ4v) is 6.43. The van der Waals surface area contributed by atoms with Gasteiger partial charge in [-0.3, -0.25) is 14.9 Å². The van der Waals surface area contributed by atoms with Crippen molar-refractivity contribution in [2.75, 3.05) is 11.4 Å². The Morgan fingerprint density at radius 2 is 1.51 bits per heavy atom. The number of hydrogen-bond donors (Lipinski definition) is 0. The average Bonchev–Trinajstić information content (AvgIpc) is 3.45. The van der Waals surface area contributed by atoms with Crippen LogP contribution in [0.1, 0.15) is 28.7 Å². The average molecular weight is 542 g/mol. The van der Waals surface area contributed by atoms with Gasteiger partial charge in [0.1, 0.15) is 5.41 Å². The zero-order valence-electron chi connectivity index (χ0n) is 22.9. The number of carbonyl (C=O) groups is 1. The van der Waals surface area contributed by atoms with Crippen molar-refractivity contribution in [3.8, 4) is 0 Å². The molecule has 1 aliphatic heterocycles. The highest BCUT2D eigenvalue weighted by molar-refractivity contribution is 6.12. The van der Waals surface area contributed by atoms with Crippen LogP contribution in [0.2, 0.25) is 0 Å². The minimum Gasteiger partial charge on any atom is -0.350 e. The third-order valence-electron chi connectivity index (χ3n) is 8.22. The van der Waals surface area contributed by atoms with Gasteiger partial charge < -0.3 is 9.47 Å². The molecule has 2 atom stereocenters. The van der Waals surface area contributed by atoms with Gasteiger partial charge in [0.05, 0.1) is 6.54 Å². The maximum absolute atomic E-state index is 15.1. The van der Waals surface area contributed by atoms with E-state index in [-0.39, 0.29) is 17.4 Å². The largest absolute Gasteiger partial charge is 0.350 e. The lowest BCUT2D eigenvalue weighted by atomic mass is 9.65. The molecular weight excluding hydrogens is 510 g/mol. The maximum Gasteiger partial charge on any atom is 0.243 e. The van der Waals surface area contributed by atoms with Crippen molar-refractivity contribution in [2.45, 2.75) is 18.4 Å². The lowest BCUT2D eigenvalue weighted by Crippen LogP contribution is -2.48. The van der Waals surface area contributed by atoms with Gasteiger partial charge in [0.2, 0.25) is 12.5 Å². The molecule has 0 bridgehead atoms. The molecule has 0 radical (unpaired) electrons. The van der Waals surface area contributed by atoms with Crippen LogP contribution in [0.15, 0.2) is 121 Å². The Bertz CT molecular complexity index is 1740. The predicted molar refractivity (Wildman–Crippen MR) is 163 cm³/mol. The molecule has 0 N–H and O–H groups in total. The van der Waals surface area contributed by atoms with Crippen molar-refractivity contribution in [1.82, 2.24) is 4.57 Å². The van der Waals surface area contributed by atoms with Crippen molar-refractivity contribution >= 4 is 28.6 Å². The van der Waals surface area contributed by atoms with Crippen LogP contribution in [0.4, 0.5) is 5.69 Å². The minimum absolute atomic E-state index is 0.126. The second-order valence-electron chi connectivity index (χ2n) is 10.6. The third-order valence-corrected chi connectivity index (χ3v) is 8.22. The van der Waals surface area contributed by atoms with E-state index < -0.39 is 11.3 Å². The van der Waals surface area contributed by atoms with Gasteiger partial charge in [-0.25, -0.2) is 0 Å². The van der Waals surface area contributed by atoms with Crippen LogP contribution in [0, 0.1) is 16.0 Å². The number of fused-ring (bicyclic) bond motifs is 2. The SMILES string of the molecule is Cn1cc([C@@]2([C@@H](C/C=C/c3ccccc3)C[N+](=O)[O-])C(=O)N(Cc3ccccc3)c3ccccc32)c2ccccc21. The van der Waals surface area contributed by atoms with Crippen LogP contribution in [0.3, 0.4) is 0 Å². The number of nitrogens with zero attached hydrogens (tertiary/aromatic N) is 3. The maximum atomic E-state index is 15.1. The zero-order valence-corrected chi connectivity index (χ0v) is 22.9. The van der Waals surface area contributed by atoms with Crippen LogP contribution in [0.5, 0.6) is 0 Å². The highest BCUT2D eigenvalue weighted by Crippen LogP contribution is 2.54. The van der Waals surface area contributed by atoms with Gasteiger partial charge in [-0.2, -0.15) is 0 Å². The molecule has 6 nitrogen and oxygen atoms in total. The molecule has 204 valence electrons. The summed E-state index contributed by atoms with van der Waals surface area (Å²) < 4.78 is 2.02. The van der Waals surface area contributed by atoms with Gasteiger partial charge in [0.25, 0.3) is 0 Å². The summed E-state index contributed by atoms with van der Waals surface area (Å²) in [6.45, 7) is 0.0375. The molecule has 4 aromatic carbocycles. The molecule has 1 aliphatic rings. The smallest absolute Gasteiger partial charge is 0.243 e. The number of para-hydroxylation sites is 2. The number of amides is 1. The normalized spacial score (nSPS) is 17.3. The molecule has 2 heterocycles. The fourth-order valence-electron chi connectivity index (χ4n) is 6.43. The minimum atomic E-state index is -1.25. The molecule has 1 amide bonds. The molecule has 0 saturated heterocycles. The van der Waals surface area contributed by atoms with E-state index in [2.05, 4.69) is 0 Å². The van der Waals surface area contributed by atoms with Crippen LogP contribution in [-0.2, 0) is 23.8 Å². The summed E-state index contributed by atoms with van der Waals surface area (Å²) in [6.07, 6.45) is 6.32. The summed E-state index contributed by atoms with van der Waals surface area (Å²) in [5.74, 6) is -0.753. The van der Waals surface area contributed by atoms with Gasteiger partial charge in [-0.1, -0.05) is 109 Å². The Kier molecular flexibility index (Phi) is 6.98. The van der Waals surface area contributed by atoms with E-state index in [1.807, 2.05) is 144 Å². The van der Waals surface area contributed by atoms with Crippen LogP contribution >= 0.6 is 0 Å². The topological polar surface area (TPSA) is 68.4 Å². The molecule has 41 heavy (non-hydrogen) atoms. The number of aryl methyl sites for hydroxylation is 1. The van der Waals surface area contributed by atoms with Crippen molar-refractivity contribution in [1.29, 1.82) is 0 Å². The molecule has 0 fully saturated rings. The molecule has 0 spiro atoms. The third kappa shape index (κ3) is 4.61. The summed E-state index contributed by atoms with van der Waals surface area (Å²) in [5.41, 5.74) is 4.17. The Labute approximate surface area is 239 Å². The Morgan fingerprint density at radius 1 is 0.854 bits per heavy atom. The molecular formula is C35H31N3O3. The van der Waals surface area contributed by atoms with E-state index in [0.717, 1.165) is 38.8 Å². The molecule has 1 aromatic heterocycles. The first-order chi connectivity index (χ1) is 20.0. The summed E-state index contributed by atoms with van der Waals surface area (Å²) in [4.78, 5) is 28.9. The van der Waals surface area contributed by atoms with Gasteiger partial charge in [0, 0.05) is 40.7 Å². The second-order valence-corrected chi connectivity index (χ2v) is 10.6. The Balaban J connectivity index is 1.58. The van der Waals surface area contributed by atoms with E-state index in [9.17, 15) is 10.1 Å². The fraction of sp³-hybridized carbons (Fsp3) is 0.171. The predicted octanol–water partition coefficient (Wildman–Crippen LogP) is 7.01. The molecule has 0 unspecified atom stereocenters. The number of nitro groups is 1. The molecule has 6 heteroatoms. The number of hydrogen-bond acceptors (Lipinski definition) is 3. The van der Waals surface area contributed by atoms with E-state index >= 15 is 4.79 Å². The molecule has 0 aliphatic carbocycles. The van der Waals surface area contributed by atoms with Crippen LogP contribution in [0.25, 0.3) is 17.0 Å². The van der Waals surface area contributed by atoms with Crippen LogP contribution < -0.4 is 4.90 Å². The van der Waals surface area contributed by atoms with Crippen molar-refractivity contribution in [3.05, 3.63) is 154 Å². The van der Waals surface area contributed by atoms with E-state index in [1.54, 1.807) is 0 Å². The van der Waals surface area contributed by atoms with Crippen LogP contribution in [-0.4, -0.2) is 21.9 Å². The highest BCUT2D eigenvalue weighted by Gasteiger charge is 2.58. The molecule has 0 saturated carbocycles.